The SMILES string of the molecule is CCOC(=O)CCC(=O)N(C)Cc1ccc(C(=O)NC)cc1. The number of nitrogens with zero attached hydrogens (tertiary/aromatic N) is 1. The molecule has 0 atom stereocenters. The molecule has 0 aliphatic rings. The van der Waals surface area contributed by atoms with Gasteiger partial charge >= 0.3 is 5.97 Å². The van der Waals surface area contributed by atoms with Gasteiger partial charge < -0.3 is 15.0 Å². The zero-order valence-corrected chi connectivity index (χ0v) is 13.2. The maximum atomic E-state index is 11.9. The highest BCUT2D eigenvalue weighted by molar-refractivity contribution is 5.93. The number of hydrogen-bond acceptors (Lipinski definition) is 4. The molecule has 0 aliphatic heterocycles. The van der Waals surface area contributed by atoms with Gasteiger partial charge in [-0.05, 0) is 24.6 Å². The summed E-state index contributed by atoms with van der Waals surface area (Å²) in [5.74, 6) is -0.631. The van der Waals surface area contributed by atoms with Crippen LogP contribution in [-0.4, -0.2) is 43.4 Å². The fraction of sp³-hybridized carbons (Fsp3) is 0.438. The Morgan fingerprint density at radius 2 is 1.77 bits per heavy atom. The van der Waals surface area contributed by atoms with Gasteiger partial charge in [0.1, 0.15) is 0 Å². The van der Waals surface area contributed by atoms with E-state index in [1.54, 1.807) is 50.2 Å². The van der Waals surface area contributed by atoms with E-state index in [0.29, 0.717) is 18.7 Å². The molecular formula is C16H22N2O4. The lowest BCUT2D eigenvalue weighted by molar-refractivity contribution is -0.145. The van der Waals surface area contributed by atoms with E-state index in [1.807, 2.05) is 0 Å². The van der Waals surface area contributed by atoms with Gasteiger partial charge in [-0.3, -0.25) is 14.4 Å². The quantitative estimate of drug-likeness (QED) is 0.772. The molecule has 120 valence electrons. The van der Waals surface area contributed by atoms with E-state index in [4.69, 9.17) is 4.74 Å². The van der Waals surface area contributed by atoms with Crippen LogP contribution in [0.2, 0.25) is 0 Å². The molecule has 22 heavy (non-hydrogen) atoms. The van der Waals surface area contributed by atoms with E-state index < -0.39 is 0 Å². The zero-order valence-electron chi connectivity index (χ0n) is 13.2. The number of carbonyl (C=O) groups is 3. The lowest BCUT2D eigenvalue weighted by atomic mass is 10.1. The van der Waals surface area contributed by atoms with Crippen molar-refractivity contribution in [3.8, 4) is 0 Å². The Morgan fingerprint density at radius 3 is 2.32 bits per heavy atom. The molecule has 0 spiro atoms. The van der Waals surface area contributed by atoms with Crippen molar-refractivity contribution < 1.29 is 19.1 Å². The number of benzene rings is 1. The van der Waals surface area contributed by atoms with Gasteiger partial charge in [-0.1, -0.05) is 12.1 Å². The van der Waals surface area contributed by atoms with E-state index in [9.17, 15) is 14.4 Å². The first kappa shape index (κ1) is 17.7. The monoisotopic (exact) mass is 306 g/mol. The summed E-state index contributed by atoms with van der Waals surface area (Å²) < 4.78 is 4.79. The molecule has 0 fully saturated rings. The fourth-order valence-electron chi connectivity index (χ4n) is 1.90. The van der Waals surface area contributed by atoms with Crippen molar-refractivity contribution in [3.05, 3.63) is 35.4 Å². The topological polar surface area (TPSA) is 75.7 Å². The van der Waals surface area contributed by atoms with Crippen LogP contribution in [0.4, 0.5) is 0 Å². The Balaban J connectivity index is 2.50. The molecule has 6 nitrogen and oxygen atoms in total. The van der Waals surface area contributed by atoms with Gasteiger partial charge in [0.15, 0.2) is 0 Å². The minimum Gasteiger partial charge on any atom is -0.466 e. The van der Waals surface area contributed by atoms with Crippen molar-refractivity contribution in [2.75, 3.05) is 20.7 Å². The zero-order chi connectivity index (χ0) is 16.5. The smallest absolute Gasteiger partial charge is 0.306 e. The highest BCUT2D eigenvalue weighted by Crippen LogP contribution is 2.08. The third kappa shape index (κ3) is 5.55. The molecule has 0 bridgehead atoms. The predicted molar refractivity (Wildman–Crippen MR) is 82.2 cm³/mol. The number of carbonyl (C=O) groups excluding carboxylic acids is 3. The Kier molecular flexibility index (Phi) is 7.08. The van der Waals surface area contributed by atoms with Crippen LogP contribution in [-0.2, 0) is 20.9 Å². The fourth-order valence-corrected chi connectivity index (χ4v) is 1.90. The molecule has 0 unspecified atom stereocenters. The number of hydrogen-bond donors (Lipinski definition) is 1. The van der Waals surface area contributed by atoms with E-state index in [-0.39, 0.29) is 30.6 Å². The molecule has 1 rings (SSSR count). The molecule has 0 aromatic heterocycles. The molecule has 6 heteroatoms. The number of amides is 2. The summed E-state index contributed by atoms with van der Waals surface area (Å²) >= 11 is 0. The molecule has 0 aliphatic carbocycles. The number of nitrogens with one attached hydrogen (secondary N) is 1. The highest BCUT2D eigenvalue weighted by atomic mass is 16.5. The maximum Gasteiger partial charge on any atom is 0.306 e. The molecule has 0 radical (unpaired) electrons. The standard InChI is InChI=1S/C16H22N2O4/c1-4-22-15(20)10-9-14(19)18(3)11-12-5-7-13(8-6-12)16(21)17-2/h5-8H,4,9-11H2,1-3H3,(H,17,21). The van der Waals surface area contributed by atoms with Gasteiger partial charge in [-0.25, -0.2) is 0 Å². The average Bonchev–Trinajstić information content (AvgIpc) is 2.52. The lowest BCUT2D eigenvalue weighted by Gasteiger charge is -2.17. The van der Waals surface area contributed by atoms with E-state index in [2.05, 4.69) is 5.32 Å². The van der Waals surface area contributed by atoms with Crippen molar-refractivity contribution in [1.82, 2.24) is 10.2 Å². The summed E-state index contributed by atoms with van der Waals surface area (Å²) in [6.45, 7) is 2.48. The molecular weight excluding hydrogens is 284 g/mol. The molecule has 0 saturated carbocycles. The molecule has 2 amide bonds. The normalized spacial score (nSPS) is 9.95. The van der Waals surface area contributed by atoms with Crippen LogP contribution in [0.25, 0.3) is 0 Å². The second kappa shape index (κ2) is 8.81. The number of rotatable bonds is 7. The molecule has 1 aromatic rings. The van der Waals surface area contributed by atoms with Gasteiger partial charge in [-0.15, -0.1) is 0 Å². The summed E-state index contributed by atoms with van der Waals surface area (Å²) in [6, 6.07) is 7.04. The first-order valence-electron chi connectivity index (χ1n) is 7.18. The minimum absolute atomic E-state index is 0.0899. The summed E-state index contributed by atoms with van der Waals surface area (Å²) in [4.78, 5) is 36.1. The molecule has 0 heterocycles. The van der Waals surface area contributed by atoms with Crippen LogP contribution in [0.15, 0.2) is 24.3 Å². The van der Waals surface area contributed by atoms with Crippen LogP contribution < -0.4 is 5.32 Å². The molecule has 1 N–H and O–H groups in total. The Bertz CT molecular complexity index is 525. The van der Waals surface area contributed by atoms with Crippen LogP contribution in [0.1, 0.15) is 35.7 Å². The van der Waals surface area contributed by atoms with Crippen molar-refractivity contribution in [2.45, 2.75) is 26.3 Å². The maximum absolute atomic E-state index is 11.9. The number of ether oxygens (including phenoxy) is 1. The summed E-state index contributed by atoms with van der Waals surface area (Å²) in [5.41, 5.74) is 1.49. The van der Waals surface area contributed by atoms with Crippen LogP contribution >= 0.6 is 0 Å². The Labute approximate surface area is 130 Å². The van der Waals surface area contributed by atoms with Crippen LogP contribution in [0, 0.1) is 0 Å². The second-order valence-electron chi connectivity index (χ2n) is 4.83. The van der Waals surface area contributed by atoms with Gasteiger partial charge in [-0.2, -0.15) is 0 Å². The third-order valence-electron chi connectivity index (χ3n) is 3.14. The van der Waals surface area contributed by atoms with Gasteiger partial charge in [0.2, 0.25) is 5.91 Å². The van der Waals surface area contributed by atoms with Crippen LogP contribution in [0.3, 0.4) is 0 Å². The minimum atomic E-state index is -0.362. The third-order valence-corrected chi connectivity index (χ3v) is 3.14. The Morgan fingerprint density at radius 1 is 1.14 bits per heavy atom. The summed E-state index contributed by atoms with van der Waals surface area (Å²) in [7, 11) is 3.26. The highest BCUT2D eigenvalue weighted by Gasteiger charge is 2.12. The number of esters is 1. The predicted octanol–water partition coefficient (Wildman–Crippen LogP) is 1.35. The second-order valence-corrected chi connectivity index (χ2v) is 4.83. The van der Waals surface area contributed by atoms with Crippen molar-refractivity contribution in [1.29, 1.82) is 0 Å². The van der Waals surface area contributed by atoms with E-state index >= 15 is 0 Å². The van der Waals surface area contributed by atoms with E-state index in [1.165, 1.54) is 0 Å². The lowest BCUT2D eigenvalue weighted by Crippen LogP contribution is -2.26. The summed E-state index contributed by atoms with van der Waals surface area (Å²) in [5, 5.41) is 2.55. The first-order valence-corrected chi connectivity index (χ1v) is 7.18. The van der Waals surface area contributed by atoms with E-state index in [0.717, 1.165) is 5.56 Å². The van der Waals surface area contributed by atoms with Crippen molar-refractivity contribution in [3.63, 3.8) is 0 Å². The Hall–Kier alpha value is -2.37. The van der Waals surface area contributed by atoms with Gasteiger partial charge in [0.25, 0.3) is 5.91 Å². The van der Waals surface area contributed by atoms with Gasteiger partial charge in [0, 0.05) is 32.6 Å². The van der Waals surface area contributed by atoms with Crippen molar-refractivity contribution in [2.24, 2.45) is 0 Å². The molecule has 0 saturated heterocycles. The first-order chi connectivity index (χ1) is 10.5. The van der Waals surface area contributed by atoms with Gasteiger partial charge in [0.05, 0.1) is 13.0 Å². The average molecular weight is 306 g/mol. The van der Waals surface area contributed by atoms with Crippen molar-refractivity contribution >= 4 is 17.8 Å². The van der Waals surface area contributed by atoms with Crippen LogP contribution in [0.5, 0.6) is 0 Å². The molecule has 1 aromatic carbocycles. The largest absolute Gasteiger partial charge is 0.466 e. The summed E-state index contributed by atoms with van der Waals surface area (Å²) in [6.07, 6.45) is 0.221.